The maximum absolute atomic E-state index is 12.6. The molecule has 26 heavy (non-hydrogen) atoms. The minimum absolute atomic E-state index is 0.0313. The lowest BCUT2D eigenvalue weighted by Gasteiger charge is -2.09. The highest BCUT2D eigenvalue weighted by Gasteiger charge is 2.21. The van der Waals surface area contributed by atoms with Crippen molar-refractivity contribution >= 4 is 31.7 Å². The van der Waals surface area contributed by atoms with Crippen molar-refractivity contribution in [2.24, 2.45) is 0 Å². The predicted molar refractivity (Wildman–Crippen MR) is 99.6 cm³/mol. The molecule has 4 aromatic rings. The number of pyridine rings is 1. The Bertz CT molecular complexity index is 1170. The lowest BCUT2D eigenvalue weighted by Crippen LogP contribution is -2.11. The van der Waals surface area contributed by atoms with Crippen LogP contribution in [0.3, 0.4) is 0 Å². The van der Waals surface area contributed by atoms with Crippen LogP contribution in [0.5, 0.6) is 5.88 Å². The van der Waals surface area contributed by atoms with Gasteiger partial charge in [0.2, 0.25) is 0 Å². The number of nitrogens with zero attached hydrogens (tertiary/aromatic N) is 3. The van der Waals surface area contributed by atoms with Crippen molar-refractivity contribution in [3.8, 4) is 17.3 Å². The maximum Gasteiger partial charge on any atom is 0.340 e. The van der Waals surface area contributed by atoms with Gasteiger partial charge in [0.05, 0.1) is 5.52 Å². The predicted octanol–water partition coefficient (Wildman–Crippen LogP) is 3.83. The van der Waals surface area contributed by atoms with Crippen LogP contribution in [0.4, 0.5) is 0 Å². The van der Waals surface area contributed by atoms with E-state index in [1.54, 1.807) is 42.7 Å². The summed E-state index contributed by atoms with van der Waals surface area (Å²) in [6.45, 7) is 1.91. The third-order valence-electron chi connectivity index (χ3n) is 3.72. The van der Waals surface area contributed by atoms with Gasteiger partial charge in [0.25, 0.3) is 5.88 Å². The van der Waals surface area contributed by atoms with Gasteiger partial charge in [0.15, 0.2) is 5.82 Å². The van der Waals surface area contributed by atoms with E-state index in [1.807, 2.05) is 12.3 Å². The SMILES string of the molecule is Cc1csc2c(OS(=O)(=O)c3ccccc3)nc(-c3ccncc3)nc12. The fourth-order valence-electron chi connectivity index (χ4n) is 2.43. The van der Waals surface area contributed by atoms with Crippen molar-refractivity contribution in [3.05, 3.63) is 65.8 Å². The molecule has 0 aliphatic heterocycles. The molecule has 0 aliphatic carbocycles. The molecule has 0 saturated carbocycles. The highest BCUT2D eigenvalue weighted by atomic mass is 32.2. The van der Waals surface area contributed by atoms with Crippen LogP contribution in [-0.4, -0.2) is 23.4 Å². The first-order chi connectivity index (χ1) is 12.5. The van der Waals surface area contributed by atoms with Gasteiger partial charge in [-0.2, -0.15) is 13.4 Å². The zero-order valence-electron chi connectivity index (χ0n) is 13.7. The maximum atomic E-state index is 12.6. The second-order valence-electron chi connectivity index (χ2n) is 5.54. The monoisotopic (exact) mass is 383 g/mol. The van der Waals surface area contributed by atoms with Crippen molar-refractivity contribution in [2.75, 3.05) is 0 Å². The lowest BCUT2D eigenvalue weighted by atomic mass is 10.2. The Balaban J connectivity index is 1.87. The molecule has 1 aromatic carbocycles. The van der Waals surface area contributed by atoms with Crippen LogP contribution in [0.1, 0.15) is 5.56 Å². The molecular formula is C18H13N3O3S2. The van der Waals surface area contributed by atoms with Crippen LogP contribution in [0.2, 0.25) is 0 Å². The van der Waals surface area contributed by atoms with Crippen LogP contribution in [-0.2, 0) is 10.1 Å². The van der Waals surface area contributed by atoms with Crippen LogP contribution in [0.25, 0.3) is 21.6 Å². The van der Waals surface area contributed by atoms with Crippen LogP contribution >= 0.6 is 11.3 Å². The molecule has 8 heteroatoms. The summed E-state index contributed by atoms with van der Waals surface area (Å²) in [5.41, 5.74) is 2.34. The summed E-state index contributed by atoms with van der Waals surface area (Å²) in [6.07, 6.45) is 3.26. The summed E-state index contributed by atoms with van der Waals surface area (Å²) in [4.78, 5) is 13.0. The molecule has 3 heterocycles. The molecule has 0 aliphatic rings. The Morgan fingerprint density at radius 3 is 2.46 bits per heavy atom. The van der Waals surface area contributed by atoms with E-state index in [9.17, 15) is 8.42 Å². The average Bonchev–Trinajstić information content (AvgIpc) is 3.04. The van der Waals surface area contributed by atoms with E-state index in [4.69, 9.17) is 4.18 Å². The van der Waals surface area contributed by atoms with E-state index in [2.05, 4.69) is 15.0 Å². The van der Waals surface area contributed by atoms with Crippen molar-refractivity contribution in [1.29, 1.82) is 0 Å². The summed E-state index contributed by atoms with van der Waals surface area (Å²) < 4.78 is 31.2. The van der Waals surface area contributed by atoms with E-state index in [-0.39, 0.29) is 10.8 Å². The number of hydrogen-bond acceptors (Lipinski definition) is 7. The second kappa shape index (κ2) is 6.47. The molecule has 0 unspecified atom stereocenters. The smallest absolute Gasteiger partial charge is 0.340 e. The second-order valence-corrected chi connectivity index (χ2v) is 7.96. The summed E-state index contributed by atoms with van der Waals surface area (Å²) in [7, 11) is -3.99. The summed E-state index contributed by atoms with van der Waals surface area (Å²) in [6, 6.07) is 11.5. The highest BCUT2D eigenvalue weighted by Crippen LogP contribution is 2.34. The summed E-state index contributed by atoms with van der Waals surface area (Å²) in [5, 5.41) is 1.90. The van der Waals surface area contributed by atoms with Crippen LogP contribution in [0.15, 0.2) is 65.1 Å². The number of rotatable bonds is 4. The number of benzene rings is 1. The van der Waals surface area contributed by atoms with Crippen molar-refractivity contribution in [1.82, 2.24) is 15.0 Å². The largest absolute Gasteiger partial charge is 0.356 e. The minimum Gasteiger partial charge on any atom is -0.356 e. The molecule has 130 valence electrons. The Kier molecular flexibility index (Phi) is 4.14. The minimum atomic E-state index is -3.99. The van der Waals surface area contributed by atoms with Crippen molar-refractivity contribution in [2.45, 2.75) is 11.8 Å². The van der Waals surface area contributed by atoms with Gasteiger partial charge in [-0.15, -0.1) is 11.3 Å². The number of aromatic nitrogens is 3. The Hall–Kier alpha value is -2.84. The third-order valence-corrected chi connectivity index (χ3v) is 6.02. The van der Waals surface area contributed by atoms with Gasteiger partial charge >= 0.3 is 10.1 Å². The number of hydrogen-bond donors (Lipinski definition) is 0. The molecule has 0 bridgehead atoms. The van der Waals surface area contributed by atoms with Crippen LogP contribution in [0, 0.1) is 6.92 Å². The molecule has 0 radical (unpaired) electrons. The number of fused-ring (bicyclic) bond motifs is 1. The van der Waals surface area contributed by atoms with E-state index in [1.165, 1.54) is 23.5 Å². The average molecular weight is 383 g/mol. The summed E-state index contributed by atoms with van der Waals surface area (Å²) >= 11 is 1.35. The van der Waals surface area contributed by atoms with Gasteiger partial charge in [-0.05, 0) is 42.1 Å². The first kappa shape index (κ1) is 16.6. The molecule has 0 N–H and O–H groups in total. The molecule has 0 fully saturated rings. The van der Waals surface area contributed by atoms with Crippen molar-refractivity contribution < 1.29 is 12.6 Å². The Labute approximate surface area is 154 Å². The fraction of sp³-hybridized carbons (Fsp3) is 0.0556. The molecule has 4 rings (SSSR count). The lowest BCUT2D eigenvalue weighted by molar-refractivity contribution is 0.479. The summed E-state index contributed by atoms with van der Waals surface area (Å²) in [5.74, 6) is 0.420. The molecular weight excluding hydrogens is 370 g/mol. The van der Waals surface area contributed by atoms with Gasteiger partial charge in [0.1, 0.15) is 9.60 Å². The third kappa shape index (κ3) is 3.04. The zero-order valence-corrected chi connectivity index (χ0v) is 15.3. The highest BCUT2D eigenvalue weighted by molar-refractivity contribution is 7.87. The number of thiophene rings is 1. The van der Waals surface area contributed by atoms with E-state index >= 15 is 0 Å². The van der Waals surface area contributed by atoms with Gasteiger partial charge in [-0.3, -0.25) is 4.98 Å². The Morgan fingerprint density at radius 1 is 1.00 bits per heavy atom. The standard InChI is InChI=1S/C18H13N3O3S2/c1-12-11-25-16-15(12)20-17(13-7-9-19-10-8-13)21-18(16)24-26(22,23)14-5-3-2-4-6-14/h2-11H,1H3. The van der Waals surface area contributed by atoms with Crippen molar-refractivity contribution in [3.63, 3.8) is 0 Å². The fourth-order valence-corrected chi connectivity index (χ4v) is 4.31. The van der Waals surface area contributed by atoms with Gasteiger partial charge in [0, 0.05) is 18.0 Å². The van der Waals surface area contributed by atoms with Gasteiger partial charge in [-0.25, -0.2) is 4.98 Å². The first-order valence-electron chi connectivity index (χ1n) is 7.70. The zero-order chi connectivity index (χ0) is 18.1. The Morgan fingerprint density at radius 2 is 1.73 bits per heavy atom. The molecule has 0 atom stereocenters. The van der Waals surface area contributed by atoms with E-state index in [0.29, 0.717) is 16.0 Å². The number of aryl methyl sites for hydroxylation is 1. The quantitative estimate of drug-likeness (QED) is 0.498. The molecule has 0 saturated heterocycles. The molecule has 6 nitrogen and oxygen atoms in total. The molecule has 0 amide bonds. The van der Waals surface area contributed by atoms with E-state index < -0.39 is 10.1 Å². The van der Waals surface area contributed by atoms with Gasteiger partial charge < -0.3 is 4.18 Å². The topological polar surface area (TPSA) is 82.0 Å². The van der Waals surface area contributed by atoms with Crippen LogP contribution < -0.4 is 4.18 Å². The first-order valence-corrected chi connectivity index (χ1v) is 9.99. The molecule has 0 spiro atoms. The van der Waals surface area contributed by atoms with E-state index in [0.717, 1.165) is 11.1 Å². The molecule has 3 aromatic heterocycles. The normalized spacial score (nSPS) is 11.6. The van der Waals surface area contributed by atoms with Gasteiger partial charge in [-0.1, -0.05) is 18.2 Å².